The lowest BCUT2D eigenvalue weighted by Crippen LogP contribution is -2.29. The van der Waals surface area contributed by atoms with Crippen LogP contribution in [0.15, 0.2) is 36.5 Å². The average Bonchev–Trinajstić information content (AvgIpc) is 3.04. The molecule has 0 aromatic heterocycles. The Kier molecular flexibility index (Phi) is 31.9. The van der Waals surface area contributed by atoms with Crippen LogP contribution in [-0.2, 0) is 32.7 Å². The maximum Gasteiger partial charge on any atom is 0.472 e. The Balaban J connectivity index is 4.11. The van der Waals surface area contributed by atoms with Crippen molar-refractivity contribution in [3.05, 3.63) is 36.5 Å². The molecule has 0 radical (unpaired) electrons. The number of phosphoric ester groups is 1. The molecule has 0 saturated carbocycles. The summed E-state index contributed by atoms with van der Waals surface area (Å²) in [5, 5.41) is 0. The summed E-state index contributed by atoms with van der Waals surface area (Å²) < 4.78 is 31.8. The smallest absolute Gasteiger partial charge is 0.462 e. The van der Waals surface area contributed by atoms with Gasteiger partial charge >= 0.3 is 19.8 Å². The van der Waals surface area contributed by atoms with Crippen molar-refractivity contribution in [2.24, 2.45) is 0 Å². The number of carbonyl (C=O) groups is 2. The van der Waals surface area contributed by atoms with E-state index in [0.717, 1.165) is 77.7 Å². The van der Waals surface area contributed by atoms with Crippen molar-refractivity contribution in [3.8, 4) is 0 Å². The van der Waals surface area contributed by atoms with Gasteiger partial charge in [0, 0.05) is 20.0 Å². The maximum absolute atomic E-state index is 12.4. The van der Waals surface area contributed by atoms with Gasteiger partial charge in [0.1, 0.15) is 6.61 Å². The Morgan fingerprint density at radius 1 is 0.630 bits per heavy atom. The first-order valence-electron chi connectivity index (χ1n) is 18.2. The Labute approximate surface area is 281 Å². The number of esters is 2. The molecule has 0 bridgehead atoms. The number of allylic oxidation sites excluding steroid dienone is 6. The van der Waals surface area contributed by atoms with Crippen LogP contribution in [0.4, 0.5) is 0 Å². The molecule has 0 aliphatic heterocycles. The van der Waals surface area contributed by atoms with E-state index in [-0.39, 0.29) is 19.0 Å². The molecule has 9 heteroatoms. The van der Waals surface area contributed by atoms with Gasteiger partial charge in [0.05, 0.1) is 6.61 Å². The summed E-state index contributed by atoms with van der Waals surface area (Å²) in [5.74, 6) is -0.824. The quantitative estimate of drug-likeness (QED) is 0.0318. The Hall–Kier alpha value is -1.73. The molecule has 268 valence electrons. The summed E-state index contributed by atoms with van der Waals surface area (Å²) in [5.41, 5.74) is 0. The number of hydrogen-bond acceptors (Lipinski definition) is 7. The number of rotatable bonds is 33. The number of ether oxygens (including phenoxy) is 2. The summed E-state index contributed by atoms with van der Waals surface area (Å²) in [6.07, 6.45) is 36.2. The summed E-state index contributed by atoms with van der Waals surface area (Å²) in [6.45, 7) is 3.74. The Morgan fingerprint density at radius 3 is 1.65 bits per heavy atom. The molecule has 0 saturated heterocycles. The van der Waals surface area contributed by atoms with Crippen molar-refractivity contribution < 1.29 is 37.6 Å². The first kappa shape index (κ1) is 44.3. The Bertz CT molecular complexity index is 854. The molecular formula is C37H67O8P. The molecule has 8 nitrogen and oxygen atoms in total. The van der Waals surface area contributed by atoms with E-state index in [0.29, 0.717) is 12.8 Å². The van der Waals surface area contributed by atoms with Crippen molar-refractivity contribution in [1.82, 2.24) is 0 Å². The van der Waals surface area contributed by atoms with Crippen LogP contribution in [0.3, 0.4) is 0 Å². The fraction of sp³-hybridized carbons (Fsp3) is 0.784. The minimum atomic E-state index is -4.26. The second-order valence-electron chi connectivity index (χ2n) is 12.0. The zero-order chi connectivity index (χ0) is 34.0. The monoisotopic (exact) mass is 670 g/mol. The molecule has 0 rings (SSSR count). The average molecular weight is 671 g/mol. The van der Waals surface area contributed by atoms with Gasteiger partial charge < -0.3 is 14.4 Å². The predicted molar refractivity (Wildman–Crippen MR) is 189 cm³/mol. The van der Waals surface area contributed by atoms with Gasteiger partial charge in [0.2, 0.25) is 0 Å². The van der Waals surface area contributed by atoms with Gasteiger partial charge in [-0.3, -0.25) is 18.6 Å². The van der Waals surface area contributed by atoms with Crippen molar-refractivity contribution in [3.63, 3.8) is 0 Å². The summed E-state index contributed by atoms with van der Waals surface area (Å²) >= 11 is 0. The number of unbranched alkanes of at least 4 members (excludes halogenated alkanes) is 16. The lowest BCUT2D eigenvalue weighted by atomic mass is 10.0. The molecule has 0 aromatic rings. The summed E-state index contributed by atoms with van der Waals surface area (Å²) in [6, 6.07) is 0. The van der Waals surface area contributed by atoms with Gasteiger partial charge in [0.25, 0.3) is 0 Å². The summed E-state index contributed by atoms with van der Waals surface area (Å²) in [7, 11) is -3.20. The van der Waals surface area contributed by atoms with Crippen LogP contribution in [0, 0.1) is 0 Å². The minimum Gasteiger partial charge on any atom is -0.462 e. The first-order valence-corrected chi connectivity index (χ1v) is 19.7. The standard InChI is InChI=1S/C37H67O8P/c1-4-6-8-10-12-14-16-18-19-20-22-24-26-28-30-32-37(39)45-35(34-44-46(40,41)42-3)33-43-36(38)31-29-27-25-23-21-17-15-13-11-9-7-5-2/h6,8,12,14,18-19,35H,4-5,7,9-11,13,15-17,20-34H2,1-3H3,(H,40,41)/b8-6-,14-12-,19-18-. The van der Waals surface area contributed by atoms with E-state index < -0.39 is 26.5 Å². The molecule has 0 aliphatic carbocycles. The van der Waals surface area contributed by atoms with Crippen LogP contribution in [-0.4, -0.2) is 43.3 Å². The van der Waals surface area contributed by atoms with Crippen LogP contribution in [0.1, 0.15) is 162 Å². The van der Waals surface area contributed by atoms with E-state index in [1.807, 2.05) is 0 Å². The lowest BCUT2D eigenvalue weighted by molar-refractivity contribution is -0.161. The molecule has 0 aromatic carbocycles. The molecule has 0 spiro atoms. The highest BCUT2D eigenvalue weighted by Gasteiger charge is 2.24. The normalized spacial score (nSPS) is 13.9. The van der Waals surface area contributed by atoms with Gasteiger partial charge in [-0.05, 0) is 44.9 Å². The molecule has 2 atom stereocenters. The molecular weight excluding hydrogens is 603 g/mol. The predicted octanol–water partition coefficient (Wildman–Crippen LogP) is 10.9. The van der Waals surface area contributed by atoms with Gasteiger partial charge in [-0.15, -0.1) is 0 Å². The minimum absolute atomic E-state index is 0.226. The lowest BCUT2D eigenvalue weighted by Gasteiger charge is -2.19. The highest BCUT2D eigenvalue weighted by molar-refractivity contribution is 7.47. The van der Waals surface area contributed by atoms with E-state index in [4.69, 9.17) is 14.0 Å². The summed E-state index contributed by atoms with van der Waals surface area (Å²) in [4.78, 5) is 34.3. The topological polar surface area (TPSA) is 108 Å². The molecule has 0 aliphatic rings. The van der Waals surface area contributed by atoms with Crippen molar-refractivity contribution in [1.29, 1.82) is 0 Å². The van der Waals surface area contributed by atoms with Crippen molar-refractivity contribution in [2.75, 3.05) is 20.3 Å². The highest BCUT2D eigenvalue weighted by atomic mass is 31.2. The van der Waals surface area contributed by atoms with Crippen LogP contribution >= 0.6 is 7.82 Å². The van der Waals surface area contributed by atoms with Gasteiger partial charge in [0.15, 0.2) is 6.10 Å². The Morgan fingerprint density at radius 2 is 1.11 bits per heavy atom. The van der Waals surface area contributed by atoms with Crippen LogP contribution in [0.25, 0.3) is 0 Å². The SMILES string of the molecule is CC/C=C\C/C=C\C/C=C\CCCCCCCC(=O)OC(COC(=O)CCCCCCCCCCCCCC)COP(=O)(O)OC. The number of carbonyl (C=O) groups excluding carboxylic acids is 2. The van der Waals surface area contributed by atoms with Crippen LogP contribution in [0.2, 0.25) is 0 Å². The molecule has 2 unspecified atom stereocenters. The molecule has 0 amide bonds. The van der Waals surface area contributed by atoms with E-state index in [9.17, 15) is 19.0 Å². The number of hydrogen-bond donors (Lipinski definition) is 1. The van der Waals surface area contributed by atoms with Crippen LogP contribution in [0.5, 0.6) is 0 Å². The fourth-order valence-corrected chi connectivity index (χ4v) is 5.31. The van der Waals surface area contributed by atoms with E-state index in [1.165, 1.54) is 57.8 Å². The third kappa shape index (κ3) is 32.2. The van der Waals surface area contributed by atoms with Crippen LogP contribution < -0.4 is 0 Å². The largest absolute Gasteiger partial charge is 0.472 e. The van der Waals surface area contributed by atoms with Gasteiger partial charge in [-0.2, -0.15) is 0 Å². The van der Waals surface area contributed by atoms with E-state index in [2.05, 4.69) is 54.8 Å². The maximum atomic E-state index is 12.4. The number of phosphoric acid groups is 1. The van der Waals surface area contributed by atoms with Gasteiger partial charge in [-0.25, -0.2) is 4.57 Å². The second kappa shape index (κ2) is 33.2. The van der Waals surface area contributed by atoms with E-state index in [1.54, 1.807) is 0 Å². The van der Waals surface area contributed by atoms with Crippen molar-refractivity contribution >= 4 is 19.8 Å². The molecule has 0 heterocycles. The fourth-order valence-electron chi connectivity index (χ4n) is 4.85. The third-order valence-electron chi connectivity index (χ3n) is 7.65. The first-order chi connectivity index (χ1) is 22.3. The van der Waals surface area contributed by atoms with Gasteiger partial charge in [-0.1, -0.05) is 140 Å². The zero-order valence-corrected chi connectivity index (χ0v) is 30.4. The van der Waals surface area contributed by atoms with Crippen molar-refractivity contribution in [2.45, 2.75) is 168 Å². The molecule has 0 fully saturated rings. The third-order valence-corrected chi connectivity index (χ3v) is 8.59. The second-order valence-corrected chi connectivity index (χ2v) is 13.5. The molecule has 1 N–H and O–H groups in total. The zero-order valence-electron chi connectivity index (χ0n) is 29.5. The highest BCUT2D eigenvalue weighted by Crippen LogP contribution is 2.42. The molecule has 46 heavy (non-hydrogen) atoms. The van der Waals surface area contributed by atoms with E-state index >= 15 is 0 Å².